The largest absolute Gasteiger partial charge is 0.482 e. The Morgan fingerprint density at radius 2 is 1.61 bits per heavy atom. The predicted molar refractivity (Wildman–Crippen MR) is 143 cm³/mol. The maximum Gasteiger partial charge on any atom is 0.344 e. The SMILES string of the molecule is C=C(C)C(=O)OC(C)(C)C12CC3CC(CC(OC(=O)COc4ccc(C(O)c5ccccc5)cc4)(C3)C1)C2. The monoisotopic (exact) mass is 518 g/mol. The Morgan fingerprint density at radius 3 is 2.21 bits per heavy atom. The molecule has 0 amide bonds. The third-order valence-corrected chi connectivity index (χ3v) is 8.98. The Labute approximate surface area is 225 Å². The summed E-state index contributed by atoms with van der Waals surface area (Å²) in [5, 5.41) is 10.6. The Kier molecular flexibility index (Phi) is 6.89. The fourth-order valence-corrected chi connectivity index (χ4v) is 7.42. The summed E-state index contributed by atoms with van der Waals surface area (Å²) in [6.07, 6.45) is 4.79. The van der Waals surface area contributed by atoms with E-state index in [-0.39, 0.29) is 24.0 Å². The fourth-order valence-electron chi connectivity index (χ4n) is 7.42. The van der Waals surface area contributed by atoms with E-state index in [1.165, 1.54) is 0 Å². The van der Waals surface area contributed by atoms with E-state index in [1.54, 1.807) is 31.2 Å². The molecule has 4 aliphatic rings. The normalized spacial score (nSPS) is 28.4. The Hall–Kier alpha value is -3.12. The van der Waals surface area contributed by atoms with Gasteiger partial charge in [0.05, 0.1) is 0 Å². The zero-order valence-corrected chi connectivity index (χ0v) is 22.6. The molecule has 2 aromatic rings. The van der Waals surface area contributed by atoms with Crippen LogP contribution in [-0.4, -0.2) is 34.9 Å². The first kappa shape index (κ1) is 26.5. The van der Waals surface area contributed by atoms with Crippen LogP contribution < -0.4 is 4.74 Å². The van der Waals surface area contributed by atoms with Crippen LogP contribution in [0.2, 0.25) is 0 Å². The average molecular weight is 519 g/mol. The second-order valence-electron chi connectivity index (χ2n) is 12.2. The summed E-state index contributed by atoms with van der Waals surface area (Å²) in [7, 11) is 0. The highest BCUT2D eigenvalue weighted by atomic mass is 16.6. The van der Waals surface area contributed by atoms with Crippen molar-refractivity contribution in [2.24, 2.45) is 17.3 Å². The summed E-state index contributed by atoms with van der Waals surface area (Å²) in [5.41, 5.74) is 0.514. The van der Waals surface area contributed by atoms with Crippen molar-refractivity contribution in [1.29, 1.82) is 0 Å². The molecule has 6 rings (SSSR count). The molecule has 0 aromatic heterocycles. The minimum atomic E-state index is -0.725. The molecule has 0 heterocycles. The lowest BCUT2D eigenvalue weighted by atomic mass is 9.44. The van der Waals surface area contributed by atoms with Crippen LogP contribution >= 0.6 is 0 Å². The lowest BCUT2D eigenvalue weighted by Crippen LogP contribution is -2.64. The molecule has 0 radical (unpaired) electrons. The molecule has 0 saturated heterocycles. The van der Waals surface area contributed by atoms with Gasteiger partial charge in [-0.05, 0) is 94.4 Å². The molecule has 2 aromatic carbocycles. The Bertz CT molecular complexity index is 1180. The molecule has 4 bridgehead atoms. The number of ether oxygens (including phenoxy) is 3. The van der Waals surface area contributed by atoms with Crippen LogP contribution in [-0.2, 0) is 19.1 Å². The number of rotatable bonds is 9. The number of carbonyl (C=O) groups is 2. The van der Waals surface area contributed by atoms with E-state index in [4.69, 9.17) is 14.2 Å². The molecule has 0 spiro atoms. The van der Waals surface area contributed by atoms with Crippen LogP contribution in [0.3, 0.4) is 0 Å². The second kappa shape index (κ2) is 9.88. The van der Waals surface area contributed by atoms with Gasteiger partial charge in [0, 0.05) is 11.0 Å². The standard InChI is InChI=1S/C32H38O6/c1-21(2)29(35)38-30(3,4)31-15-22-14-23(16-31)18-32(17-22,20-31)37-27(33)19-36-26-12-10-25(11-13-26)28(34)24-8-6-5-7-9-24/h5-13,22-23,28,34H,1,14-20H2,2-4H3. The van der Waals surface area contributed by atoms with E-state index in [1.807, 2.05) is 44.2 Å². The van der Waals surface area contributed by atoms with Gasteiger partial charge >= 0.3 is 11.9 Å². The van der Waals surface area contributed by atoms with Gasteiger partial charge in [-0.3, -0.25) is 0 Å². The molecule has 0 aliphatic heterocycles. The van der Waals surface area contributed by atoms with E-state index < -0.39 is 17.3 Å². The van der Waals surface area contributed by atoms with Crippen molar-refractivity contribution >= 4 is 11.9 Å². The zero-order chi connectivity index (χ0) is 27.1. The first-order chi connectivity index (χ1) is 18.0. The molecule has 38 heavy (non-hydrogen) atoms. The van der Waals surface area contributed by atoms with E-state index in [9.17, 15) is 14.7 Å². The predicted octanol–water partition coefficient (Wildman–Crippen LogP) is 5.93. The molecule has 4 fully saturated rings. The van der Waals surface area contributed by atoms with E-state index in [0.29, 0.717) is 29.6 Å². The summed E-state index contributed by atoms with van der Waals surface area (Å²) in [6.45, 7) is 9.22. The molecule has 6 heteroatoms. The highest BCUT2D eigenvalue weighted by Gasteiger charge is 2.65. The first-order valence-electron chi connectivity index (χ1n) is 13.6. The molecule has 4 saturated carbocycles. The Morgan fingerprint density at radius 1 is 1.00 bits per heavy atom. The molecular formula is C32H38O6. The minimum absolute atomic E-state index is 0.182. The van der Waals surface area contributed by atoms with Gasteiger partial charge < -0.3 is 19.3 Å². The van der Waals surface area contributed by atoms with Crippen molar-refractivity contribution in [2.75, 3.05) is 6.61 Å². The molecule has 202 valence electrons. The number of hydrogen-bond acceptors (Lipinski definition) is 6. The minimum Gasteiger partial charge on any atom is -0.482 e. The topological polar surface area (TPSA) is 82.1 Å². The maximum atomic E-state index is 13.0. The van der Waals surface area contributed by atoms with E-state index >= 15 is 0 Å². The summed E-state index contributed by atoms with van der Waals surface area (Å²) in [5.74, 6) is 0.702. The number of benzene rings is 2. The van der Waals surface area contributed by atoms with E-state index in [2.05, 4.69) is 6.58 Å². The lowest BCUT2D eigenvalue weighted by Gasteiger charge is -2.64. The zero-order valence-electron chi connectivity index (χ0n) is 22.6. The number of carbonyl (C=O) groups excluding carboxylic acids is 2. The van der Waals surface area contributed by atoms with Crippen molar-refractivity contribution in [3.05, 3.63) is 77.9 Å². The molecule has 3 unspecified atom stereocenters. The summed E-state index contributed by atoms with van der Waals surface area (Å²) in [6, 6.07) is 16.6. The van der Waals surface area contributed by atoms with Crippen LogP contribution in [0.1, 0.15) is 76.5 Å². The molecule has 3 atom stereocenters. The van der Waals surface area contributed by atoms with Crippen molar-refractivity contribution in [1.82, 2.24) is 0 Å². The summed E-state index contributed by atoms with van der Waals surface area (Å²) < 4.78 is 17.9. The third-order valence-electron chi connectivity index (χ3n) is 8.98. The number of aliphatic hydroxyl groups excluding tert-OH is 1. The van der Waals surface area contributed by atoms with Crippen LogP contribution in [0, 0.1) is 17.3 Å². The maximum absolute atomic E-state index is 13.0. The van der Waals surface area contributed by atoms with Gasteiger partial charge in [-0.1, -0.05) is 49.0 Å². The molecule has 1 N–H and O–H groups in total. The van der Waals surface area contributed by atoms with Gasteiger partial charge in [0.15, 0.2) is 6.61 Å². The van der Waals surface area contributed by atoms with Crippen molar-refractivity contribution in [3.63, 3.8) is 0 Å². The van der Waals surface area contributed by atoms with Gasteiger partial charge in [0.1, 0.15) is 23.1 Å². The van der Waals surface area contributed by atoms with Crippen LogP contribution in [0.25, 0.3) is 0 Å². The van der Waals surface area contributed by atoms with Crippen molar-refractivity contribution in [2.45, 2.75) is 76.6 Å². The first-order valence-corrected chi connectivity index (χ1v) is 13.6. The van der Waals surface area contributed by atoms with Crippen LogP contribution in [0.5, 0.6) is 5.75 Å². The quantitative estimate of drug-likeness (QED) is 0.327. The second-order valence-corrected chi connectivity index (χ2v) is 12.2. The molecular weight excluding hydrogens is 480 g/mol. The number of aliphatic hydroxyl groups is 1. The fraction of sp³-hybridized carbons (Fsp3) is 0.500. The van der Waals surface area contributed by atoms with Crippen LogP contribution in [0.15, 0.2) is 66.7 Å². The average Bonchev–Trinajstić information content (AvgIpc) is 2.86. The summed E-state index contributed by atoms with van der Waals surface area (Å²) in [4.78, 5) is 25.4. The number of hydrogen-bond donors (Lipinski definition) is 1. The highest BCUT2D eigenvalue weighted by Crippen LogP contribution is 2.66. The van der Waals surface area contributed by atoms with Crippen molar-refractivity contribution < 1.29 is 28.9 Å². The van der Waals surface area contributed by atoms with Gasteiger partial charge in [0.2, 0.25) is 0 Å². The van der Waals surface area contributed by atoms with Gasteiger partial charge in [-0.15, -0.1) is 0 Å². The third kappa shape index (κ3) is 5.11. The smallest absolute Gasteiger partial charge is 0.344 e. The molecule has 4 aliphatic carbocycles. The van der Waals surface area contributed by atoms with Gasteiger partial charge in [-0.2, -0.15) is 0 Å². The van der Waals surface area contributed by atoms with E-state index in [0.717, 1.165) is 43.2 Å². The van der Waals surface area contributed by atoms with Crippen LogP contribution in [0.4, 0.5) is 0 Å². The Balaban J connectivity index is 1.22. The van der Waals surface area contributed by atoms with Crippen molar-refractivity contribution in [3.8, 4) is 5.75 Å². The highest BCUT2D eigenvalue weighted by molar-refractivity contribution is 5.87. The van der Waals surface area contributed by atoms with Gasteiger partial charge in [0.25, 0.3) is 0 Å². The van der Waals surface area contributed by atoms with Gasteiger partial charge in [-0.25, -0.2) is 9.59 Å². The lowest BCUT2D eigenvalue weighted by molar-refractivity contribution is -0.241. The summed E-state index contributed by atoms with van der Waals surface area (Å²) >= 11 is 0. The number of esters is 2. The molecule has 6 nitrogen and oxygen atoms in total.